The van der Waals surface area contributed by atoms with Gasteiger partial charge in [0.15, 0.2) is 0 Å². The number of ether oxygens (including phenoxy) is 4. The molecule has 8 heteroatoms. The minimum Gasteiger partial charge on any atom is -0.450 e. The van der Waals surface area contributed by atoms with E-state index in [1.165, 1.54) is 0 Å². The van der Waals surface area contributed by atoms with E-state index in [2.05, 4.69) is 9.47 Å². The van der Waals surface area contributed by atoms with Crippen LogP contribution < -0.4 is 0 Å². The van der Waals surface area contributed by atoms with Crippen LogP contribution in [0.5, 0.6) is 0 Å². The molecule has 8 nitrogen and oxygen atoms in total. The Bertz CT molecular complexity index is 401. The SMILES string of the molecule is O=C(O)OCCCCCC1OC1CCC1OC1CCCCCOC(=O)O. The number of carboxylic acid groups (broad SMARTS) is 2. The summed E-state index contributed by atoms with van der Waals surface area (Å²) >= 11 is 0. The third-order valence-corrected chi connectivity index (χ3v) is 4.83. The predicted octanol–water partition coefficient (Wildman–Crippen LogP) is 3.81. The van der Waals surface area contributed by atoms with E-state index in [-0.39, 0.29) is 13.2 Å². The van der Waals surface area contributed by atoms with Crippen LogP contribution in [-0.2, 0) is 18.9 Å². The zero-order valence-corrected chi connectivity index (χ0v) is 15.1. The maximum Gasteiger partial charge on any atom is 0.505 e. The topological polar surface area (TPSA) is 118 Å². The lowest BCUT2D eigenvalue weighted by Crippen LogP contribution is -2.02. The average Bonchev–Trinajstić information content (AvgIpc) is 3.48. The van der Waals surface area contributed by atoms with Crippen LogP contribution in [0.1, 0.15) is 64.2 Å². The summed E-state index contributed by atoms with van der Waals surface area (Å²) in [4.78, 5) is 20.4. The quantitative estimate of drug-likeness (QED) is 0.252. The molecule has 2 heterocycles. The van der Waals surface area contributed by atoms with Crippen molar-refractivity contribution in [2.75, 3.05) is 13.2 Å². The Morgan fingerprint density at radius 2 is 1.00 bits per heavy atom. The second-order valence-electron chi connectivity index (χ2n) is 6.93. The fraction of sp³-hybridized carbons (Fsp3) is 0.889. The van der Waals surface area contributed by atoms with Crippen LogP contribution in [0.25, 0.3) is 0 Å². The molecule has 0 amide bonds. The molecule has 2 aliphatic heterocycles. The molecule has 0 spiro atoms. The number of hydrogen-bond donors (Lipinski definition) is 2. The first-order chi connectivity index (χ1) is 12.6. The average molecular weight is 374 g/mol. The molecule has 2 N–H and O–H groups in total. The molecule has 2 rings (SSSR count). The molecule has 2 saturated heterocycles. The number of hydrogen-bond acceptors (Lipinski definition) is 6. The zero-order valence-electron chi connectivity index (χ0n) is 15.1. The van der Waals surface area contributed by atoms with Crippen molar-refractivity contribution in [3.05, 3.63) is 0 Å². The summed E-state index contributed by atoms with van der Waals surface area (Å²) in [6, 6.07) is 0. The van der Waals surface area contributed by atoms with E-state index >= 15 is 0 Å². The molecule has 2 fully saturated rings. The van der Waals surface area contributed by atoms with Gasteiger partial charge in [-0.05, 0) is 51.4 Å². The van der Waals surface area contributed by atoms with Crippen LogP contribution in [0.2, 0.25) is 0 Å². The van der Waals surface area contributed by atoms with Crippen LogP contribution in [0.3, 0.4) is 0 Å². The van der Waals surface area contributed by atoms with Crippen molar-refractivity contribution in [1.82, 2.24) is 0 Å². The lowest BCUT2D eigenvalue weighted by molar-refractivity contribution is 0.0887. The van der Waals surface area contributed by atoms with Gasteiger partial charge < -0.3 is 29.2 Å². The molecule has 0 aliphatic carbocycles. The second kappa shape index (κ2) is 11.2. The number of epoxide rings is 2. The Hall–Kier alpha value is -1.54. The summed E-state index contributed by atoms with van der Waals surface area (Å²) < 4.78 is 20.3. The van der Waals surface area contributed by atoms with Gasteiger partial charge in [0.25, 0.3) is 0 Å². The first-order valence-corrected chi connectivity index (χ1v) is 9.58. The number of rotatable bonds is 15. The van der Waals surface area contributed by atoms with Crippen molar-refractivity contribution in [3.8, 4) is 0 Å². The molecular formula is C18H30O8. The molecule has 4 atom stereocenters. The third kappa shape index (κ3) is 9.24. The van der Waals surface area contributed by atoms with Gasteiger partial charge in [0.2, 0.25) is 0 Å². The Labute approximate surface area is 153 Å². The highest BCUT2D eigenvalue weighted by atomic mass is 16.7. The van der Waals surface area contributed by atoms with E-state index in [4.69, 9.17) is 19.7 Å². The molecule has 2 aliphatic rings. The van der Waals surface area contributed by atoms with Gasteiger partial charge in [-0.3, -0.25) is 0 Å². The van der Waals surface area contributed by atoms with Gasteiger partial charge in [-0.2, -0.15) is 0 Å². The minimum absolute atomic E-state index is 0.275. The Kier molecular flexibility index (Phi) is 8.97. The Morgan fingerprint density at radius 1 is 0.615 bits per heavy atom. The van der Waals surface area contributed by atoms with Crippen LogP contribution in [0.15, 0.2) is 0 Å². The van der Waals surface area contributed by atoms with Gasteiger partial charge in [0.1, 0.15) is 0 Å². The highest BCUT2D eigenvalue weighted by molar-refractivity contribution is 5.56. The second-order valence-corrected chi connectivity index (χ2v) is 6.93. The molecule has 0 aromatic carbocycles. The molecule has 0 aromatic heterocycles. The fourth-order valence-corrected chi connectivity index (χ4v) is 3.27. The van der Waals surface area contributed by atoms with Crippen LogP contribution in [0.4, 0.5) is 9.59 Å². The monoisotopic (exact) mass is 374 g/mol. The molecule has 26 heavy (non-hydrogen) atoms. The van der Waals surface area contributed by atoms with Gasteiger partial charge >= 0.3 is 12.3 Å². The largest absolute Gasteiger partial charge is 0.505 e. The van der Waals surface area contributed by atoms with E-state index in [0.717, 1.165) is 64.2 Å². The first-order valence-electron chi connectivity index (χ1n) is 9.58. The summed E-state index contributed by atoms with van der Waals surface area (Å²) in [7, 11) is 0. The van der Waals surface area contributed by atoms with E-state index in [1.54, 1.807) is 0 Å². The summed E-state index contributed by atoms with van der Waals surface area (Å²) in [5, 5.41) is 16.7. The van der Waals surface area contributed by atoms with Crippen molar-refractivity contribution in [1.29, 1.82) is 0 Å². The lowest BCUT2D eigenvalue weighted by atomic mass is 10.0. The summed E-state index contributed by atoms with van der Waals surface area (Å²) in [6.07, 6.45) is 8.74. The van der Waals surface area contributed by atoms with Crippen molar-refractivity contribution in [2.45, 2.75) is 88.6 Å². The van der Waals surface area contributed by atoms with Crippen molar-refractivity contribution >= 4 is 12.3 Å². The van der Waals surface area contributed by atoms with E-state index in [1.807, 2.05) is 0 Å². The van der Waals surface area contributed by atoms with Crippen LogP contribution in [-0.4, -0.2) is 60.2 Å². The standard InChI is InChI=1S/C18H30O8/c19-17(20)23-11-5-1-3-7-13-15(25-13)9-10-16-14(26-16)8-4-2-6-12-24-18(21)22/h13-16H,1-12H2,(H,19,20)(H,21,22). The number of unbranched alkanes of at least 4 members (excludes halogenated alkanes) is 4. The van der Waals surface area contributed by atoms with E-state index < -0.39 is 12.3 Å². The van der Waals surface area contributed by atoms with Crippen molar-refractivity contribution < 1.29 is 38.7 Å². The summed E-state index contributed by atoms with van der Waals surface area (Å²) in [6.45, 7) is 0.550. The summed E-state index contributed by atoms with van der Waals surface area (Å²) in [5.74, 6) is 0. The van der Waals surface area contributed by atoms with Crippen molar-refractivity contribution in [2.24, 2.45) is 0 Å². The fourth-order valence-electron chi connectivity index (χ4n) is 3.27. The van der Waals surface area contributed by atoms with Gasteiger partial charge in [-0.1, -0.05) is 12.8 Å². The Morgan fingerprint density at radius 3 is 1.38 bits per heavy atom. The molecule has 0 saturated carbocycles. The molecule has 4 unspecified atom stereocenters. The van der Waals surface area contributed by atoms with E-state index in [9.17, 15) is 9.59 Å². The predicted molar refractivity (Wildman–Crippen MR) is 91.4 cm³/mol. The van der Waals surface area contributed by atoms with Gasteiger partial charge in [0, 0.05) is 0 Å². The molecule has 0 radical (unpaired) electrons. The molecule has 0 aromatic rings. The van der Waals surface area contributed by atoms with E-state index in [0.29, 0.717) is 24.4 Å². The minimum atomic E-state index is -1.21. The van der Waals surface area contributed by atoms with Gasteiger partial charge in [0.05, 0.1) is 37.6 Å². The maximum atomic E-state index is 10.2. The highest BCUT2D eigenvalue weighted by Gasteiger charge is 2.42. The van der Waals surface area contributed by atoms with Gasteiger partial charge in [-0.15, -0.1) is 0 Å². The van der Waals surface area contributed by atoms with Gasteiger partial charge in [-0.25, -0.2) is 9.59 Å². The van der Waals surface area contributed by atoms with Crippen LogP contribution >= 0.6 is 0 Å². The smallest absolute Gasteiger partial charge is 0.450 e. The highest BCUT2D eigenvalue weighted by Crippen LogP contribution is 2.36. The normalized spacial score (nSPS) is 26.3. The lowest BCUT2D eigenvalue weighted by Gasteiger charge is -2.00. The van der Waals surface area contributed by atoms with Crippen molar-refractivity contribution in [3.63, 3.8) is 0 Å². The molecule has 150 valence electrons. The zero-order chi connectivity index (χ0) is 18.8. The third-order valence-electron chi connectivity index (χ3n) is 4.83. The molecule has 0 bridgehead atoms. The maximum absolute atomic E-state index is 10.2. The first kappa shape index (κ1) is 20.8. The number of carbonyl (C=O) groups is 2. The Balaban J connectivity index is 1.34. The van der Waals surface area contributed by atoms with Crippen LogP contribution in [0, 0.1) is 0 Å². The summed E-state index contributed by atoms with van der Waals surface area (Å²) in [5.41, 5.74) is 0. The molecular weight excluding hydrogens is 344 g/mol.